The highest BCUT2D eigenvalue weighted by atomic mass is 16.5. The molecule has 1 fully saturated rings. The third-order valence-electron chi connectivity index (χ3n) is 6.43. The Morgan fingerprint density at radius 3 is 2.85 bits per heavy atom. The van der Waals surface area contributed by atoms with Crippen molar-refractivity contribution in [1.82, 2.24) is 19.9 Å². The zero-order valence-electron chi connectivity index (χ0n) is 18.8. The first-order valence-electron chi connectivity index (χ1n) is 11.7. The lowest BCUT2D eigenvalue weighted by Gasteiger charge is -2.35. The highest BCUT2D eigenvalue weighted by molar-refractivity contribution is 5.90. The molecule has 0 saturated heterocycles. The van der Waals surface area contributed by atoms with Crippen molar-refractivity contribution in [2.45, 2.75) is 44.2 Å². The predicted molar refractivity (Wildman–Crippen MR) is 130 cm³/mol. The molecule has 3 heterocycles. The maximum Gasteiger partial charge on any atom is 0.326 e. The number of benzene rings is 1. The van der Waals surface area contributed by atoms with E-state index in [9.17, 15) is 9.90 Å². The Kier molecular flexibility index (Phi) is 6.58. The van der Waals surface area contributed by atoms with Crippen LogP contribution in [0.2, 0.25) is 0 Å². The number of rotatable bonds is 10. The van der Waals surface area contributed by atoms with Crippen LogP contribution in [0.25, 0.3) is 21.9 Å². The summed E-state index contributed by atoms with van der Waals surface area (Å²) in [5, 5.41) is 14.6. The first kappa shape index (κ1) is 22.2. The van der Waals surface area contributed by atoms with Gasteiger partial charge in [0.15, 0.2) is 5.65 Å². The molecule has 3 aromatic heterocycles. The molecular weight excluding hydrogens is 430 g/mol. The fraction of sp³-hybridized carbons (Fsp3) is 0.346. The third-order valence-corrected chi connectivity index (χ3v) is 6.43. The lowest BCUT2D eigenvalue weighted by atomic mass is 9.79. The van der Waals surface area contributed by atoms with Crippen LogP contribution in [-0.2, 0) is 16.0 Å². The molecule has 5 rings (SSSR count). The number of aromatic nitrogens is 4. The van der Waals surface area contributed by atoms with Gasteiger partial charge in [-0.2, -0.15) is 0 Å². The van der Waals surface area contributed by atoms with Gasteiger partial charge in [0.2, 0.25) is 0 Å². The van der Waals surface area contributed by atoms with E-state index in [2.05, 4.69) is 37.4 Å². The fourth-order valence-corrected chi connectivity index (χ4v) is 4.42. The van der Waals surface area contributed by atoms with Crippen LogP contribution in [0, 0.1) is 5.92 Å². The van der Waals surface area contributed by atoms with E-state index >= 15 is 0 Å². The highest BCUT2D eigenvalue weighted by Crippen LogP contribution is 2.34. The first-order valence-corrected chi connectivity index (χ1v) is 11.7. The number of ether oxygens (including phenoxy) is 1. The van der Waals surface area contributed by atoms with Gasteiger partial charge < -0.3 is 15.2 Å². The molecule has 8 nitrogen and oxygen atoms in total. The van der Waals surface area contributed by atoms with E-state index in [4.69, 9.17) is 4.74 Å². The first-order chi connectivity index (χ1) is 16.7. The number of hydrogen-bond donors (Lipinski definition) is 2. The lowest BCUT2D eigenvalue weighted by Crippen LogP contribution is -2.35. The molecule has 0 radical (unpaired) electrons. The van der Waals surface area contributed by atoms with E-state index < -0.39 is 12.0 Å². The summed E-state index contributed by atoms with van der Waals surface area (Å²) in [6.45, 7) is 0.391. The molecule has 0 spiro atoms. The van der Waals surface area contributed by atoms with Crippen molar-refractivity contribution in [1.29, 1.82) is 0 Å². The maximum absolute atomic E-state index is 11.8. The molecule has 0 bridgehead atoms. The molecule has 1 atom stereocenters. The Morgan fingerprint density at radius 2 is 1.97 bits per heavy atom. The van der Waals surface area contributed by atoms with Gasteiger partial charge in [0.25, 0.3) is 0 Å². The van der Waals surface area contributed by atoms with Crippen molar-refractivity contribution >= 4 is 33.7 Å². The average Bonchev–Trinajstić information content (AvgIpc) is 2.84. The van der Waals surface area contributed by atoms with Crippen LogP contribution in [0.1, 0.15) is 31.4 Å². The number of nitrogens with zero attached hydrogens (tertiary/aromatic N) is 4. The highest BCUT2D eigenvalue weighted by Gasteiger charge is 2.30. The Labute approximate surface area is 197 Å². The van der Waals surface area contributed by atoms with Crippen LogP contribution in [0.4, 0.5) is 5.82 Å². The number of anilines is 1. The zero-order chi connectivity index (χ0) is 23.3. The third kappa shape index (κ3) is 5.12. The fourth-order valence-electron chi connectivity index (χ4n) is 4.42. The Balaban J connectivity index is 1.06. The molecule has 1 unspecified atom stereocenters. The maximum atomic E-state index is 11.8. The van der Waals surface area contributed by atoms with E-state index in [1.54, 1.807) is 6.20 Å². The summed E-state index contributed by atoms with van der Waals surface area (Å²) < 4.78 is 5.96. The van der Waals surface area contributed by atoms with Crippen molar-refractivity contribution in [3.05, 3.63) is 66.7 Å². The van der Waals surface area contributed by atoms with Gasteiger partial charge in [0.1, 0.15) is 18.2 Å². The molecule has 2 N–H and O–H groups in total. The van der Waals surface area contributed by atoms with Gasteiger partial charge in [-0.25, -0.2) is 24.7 Å². The van der Waals surface area contributed by atoms with Crippen LogP contribution >= 0.6 is 0 Å². The Hall–Kier alpha value is -3.65. The van der Waals surface area contributed by atoms with E-state index in [1.807, 2.05) is 36.4 Å². The van der Waals surface area contributed by atoms with E-state index in [-0.39, 0.29) is 6.10 Å². The molecule has 1 saturated carbocycles. The summed E-state index contributed by atoms with van der Waals surface area (Å²) in [5.41, 5.74) is 2.64. The number of carbonyl (C=O) groups is 1. The number of aliphatic carboxylic acids is 1. The van der Waals surface area contributed by atoms with Crippen molar-refractivity contribution < 1.29 is 14.6 Å². The number of carboxylic acid groups (broad SMARTS) is 1. The molecular formula is C26H27N5O3. The molecule has 174 valence electrons. The van der Waals surface area contributed by atoms with Crippen LogP contribution < -0.4 is 5.32 Å². The average molecular weight is 458 g/mol. The minimum absolute atomic E-state index is 0.200. The van der Waals surface area contributed by atoms with Gasteiger partial charge in [-0.15, -0.1) is 0 Å². The summed E-state index contributed by atoms with van der Waals surface area (Å²) in [5.74, 6) is 0.223. The number of nitrogens with one attached hydrogen (secondary N) is 1. The van der Waals surface area contributed by atoms with Gasteiger partial charge >= 0.3 is 5.97 Å². The van der Waals surface area contributed by atoms with E-state index in [0.29, 0.717) is 24.8 Å². The Morgan fingerprint density at radius 1 is 1.09 bits per heavy atom. The molecule has 1 aliphatic carbocycles. The van der Waals surface area contributed by atoms with Gasteiger partial charge in [-0.1, -0.05) is 12.1 Å². The standard InChI is InChI=1S/C26H27N5O3/c32-26(33)23(31-25-21-5-1-2-6-22(21)28-16-29-25)11-13-34-20-14-17(15-20)7-9-19-10-8-18-4-3-12-27-24(18)30-19/h1-6,8,10,12,16-17,20,23H,7,9,11,13-15H2,(H,32,33)(H,28,29,31)/t17-,20-,23?. The normalized spacial score (nSPS) is 18.5. The molecule has 4 aromatic rings. The van der Waals surface area contributed by atoms with Crippen LogP contribution in [0.5, 0.6) is 0 Å². The molecule has 1 aromatic carbocycles. The predicted octanol–water partition coefficient (Wildman–Crippen LogP) is 4.26. The summed E-state index contributed by atoms with van der Waals surface area (Å²) in [7, 11) is 0. The number of aryl methyl sites for hydroxylation is 1. The van der Waals surface area contributed by atoms with Crippen LogP contribution in [0.3, 0.4) is 0 Å². The van der Waals surface area contributed by atoms with E-state index in [1.165, 1.54) is 6.33 Å². The van der Waals surface area contributed by atoms with Gasteiger partial charge in [0.05, 0.1) is 11.6 Å². The van der Waals surface area contributed by atoms with Crippen molar-refractivity contribution in [3.63, 3.8) is 0 Å². The second kappa shape index (κ2) is 10.1. The minimum atomic E-state index is -0.921. The second-order valence-electron chi connectivity index (χ2n) is 8.78. The van der Waals surface area contributed by atoms with Crippen molar-refractivity contribution in [3.8, 4) is 0 Å². The number of carboxylic acids is 1. The SMILES string of the molecule is O=C(O)C(CCO[C@H]1C[C@H](CCc2ccc3cccnc3n2)C1)Nc1ncnc2ccccc12. The largest absolute Gasteiger partial charge is 0.480 e. The van der Waals surface area contributed by atoms with Crippen molar-refractivity contribution in [2.75, 3.05) is 11.9 Å². The van der Waals surface area contributed by atoms with Crippen LogP contribution in [-0.4, -0.2) is 49.8 Å². The number of hydrogen-bond acceptors (Lipinski definition) is 7. The lowest BCUT2D eigenvalue weighted by molar-refractivity contribution is -0.138. The summed E-state index contributed by atoms with van der Waals surface area (Å²) in [6, 6.07) is 14.9. The summed E-state index contributed by atoms with van der Waals surface area (Å²) in [4.78, 5) is 29.2. The van der Waals surface area contributed by atoms with Crippen molar-refractivity contribution in [2.24, 2.45) is 5.92 Å². The van der Waals surface area contributed by atoms with Gasteiger partial charge in [-0.3, -0.25) is 0 Å². The summed E-state index contributed by atoms with van der Waals surface area (Å²) in [6.07, 6.45) is 7.80. The second-order valence-corrected chi connectivity index (χ2v) is 8.78. The van der Waals surface area contributed by atoms with Gasteiger partial charge in [-0.05, 0) is 68.0 Å². The minimum Gasteiger partial charge on any atom is -0.480 e. The number of fused-ring (bicyclic) bond motifs is 2. The number of para-hydroxylation sites is 1. The molecule has 0 aliphatic heterocycles. The molecule has 0 amide bonds. The topological polar surface area (TPSA) is 110 Å². The summed E-state index contributed by atoms with van der Waals surface area (Å²) >= 11 is 0. The van der Waals surface area contributed by atoms with E-state index in [0.717, 1.165) is 53.3 Å². The zero-order valence-corrected chi connectivity index (χ0v) is 18.8. The monoisotopic (exact) mass is 457 g/mol. The quantitative estimate of drug-likeness (QED) is 0.364. The molecule has 34 heavy (non-hydrogen) atoms. The molecule has 8 heteroatoms. The molecule has 1 aliphatic rings. The smallest absolute Gasteiger partial charge is 0.326 e. The van der Waals surface area contributed by atoms with Gasteiger partial charge in [0, 0.05) is 35.7 Å². The van der Waals surface area contributed by atoms with Crippen LogP contribution in [0.15, 0.2) is 61.1 Å². The number of pyridine rings is 2. The Bertz CT molecular complexity index is 1290.